The third-order valence-electron chi connectivity index (χ3n) is 1.58. The van der Waals surface area contributed by atoms with E-state index >= 15 is 0 Å². The number of hydrogen-bond donors (Lipinski definition) is 1. The van der Waals surface area contributed by atoms with Gasteiger partial charge in [-0.15, -0.1) is 0 Å². The molecule has 0 unspecified atom stereocenters. The van der Waals surface area contributed by atoms with E-state index in [4.69, 9.17) is 5.73 Å². The lowest BCUT2D eigenvalue weighted by molar-refractivity contribution is -0.141. The summed E-state index contributed by atoms with van der Waals surface area (Å²) >= 11 is 0. The molecule has 0 spiro atoms. The van der Waals surface area contributed by atoms with Crippen molar-refractivity contribution in [3.8, 4) is 5.75 Å². The number of para-hydroxylation sites is 1. The van der Waals surface area contributed by atoms with Crippen LogP contribution in [0.25, 0.3) is 0 Å². The van der Waals surface area contributed by atoms with Crippen molar-refractivity contribution >= 4 is 5.97 Å². The Morgan fingerprint density at radius 1 is 1.33 bits per heavy atom. The van der Waals surface area contributed by atoms with E-state index in [2.05, 4.69) is 4.74 Å². The Kier molecular flexibility index (Phi) is 3.31. The minimum atomic E-state index is -4.55. The molecule has 0 aliphatic carbocycles. The molecule has 0 radical (unpaired) electrons. The fourth-order valence-electron chi connectivity index (χ4n) is 0.954. The predicted molar refractivity (Wildman–Crippen MR) is 46.1 cm³/mol. The molecule has 1 aromatic carbocycles. The SMILES string of the molecule is NCC(=O)Oc1ccccc1C(F)(F)F. The Morgan fingerprint density at radius 2 is 1.93 bits per heavy atom. The van der Waals surface area contributed by atoms with Crippen LogP contribution < -0.4 is 10.5 Å². The average molecular weight is 219 g/mol. The van der Waals surface area contributed by atoms with Gasteiger partial charge in [-0.2, -0.15) is 13.2 Å². The average Bonchev–Trinajstić information content (AvgIpc) is 2.17. The second-order valence-corrected chi connectivity index (χ2v) is 2.67. The fourth-order valence-corrected chi connectivity index (χ4v) is 0.954. The number of hydrogen-bond acceptors (Lipinski definition) is 3. The summed E-state index contributed by atoms with van der Waals surface area (Å²) < 4.78 is 41.6. The zero-order valence-corrected chi connectivity index (χ0v) is 7.54. The number of benzene rings is 1. The van der Waals surface area contributed by atoms with Crippen molar-refractivity contribution in [3.05, 3.63) is 29.8 Å². The summed E-state index contributed by atoms with van der Waals surface area (Å²) in [7, 11) is 0. The number of nitrogens with two attached hydrogens (primary N) is 1. The first-order chi connectivity index (χ1) is 6.95. The number of esters is 1. The number of alkyl halides is 3. The third kappa shape index (κ3) is 2.95. The van der Waals surface area contributed by atoms with Gasteiger partial charge >= 0.3 is 12.1 Å². The lowest BCUT2D eigenvalue weighted by Gasteiger charge is -2.11. The highest BCUT2D eigenvalue weighted by Gasteiger charge is 2.34. The molecule has 3 nitrogen and oxygen atoms in total. The van der Waals surface area contributed by atoms with Gasteiger partial charge in [0.05, 0.1) is 12.1 Å². The van der Waals surface area contributed by atoms with Gasteiger partial charge in [0, 0.05) is 0 Å². The normalized spacial score (nSPS) is 11.2. The zero-order chi connectivity index (χ0) is 11.5. The quantitative estimate of drug-likeness (QED) is 0.606. The van der Waals surface area contributed by atoms with Gasteiger partial charge in [-0.05, 0) is 12.1 Å². The largest absolute Gasteiger partial charge is 0.425 e. The predicted octanol–water partition coefficient (Wildman–Crippen LogP) is 1.57. The van der Waals surface area contributed by atoms with Crippen molar-refractivity contribution in [2.24, 2.45) is 5.73 Å². The molecule has 0 aliphatic heterocycles. The summed E-state index contributed by atoms with van der Waals surface area (Å²) in [6.07, 6.45) is -4.55. The molecule has 2 N–H and O–H groups in total. The smallest absolute Gasteiger partial charge is 0.419 e. The van der Waals surface area contributed by atoms with Crippen LogP contribution in [0.4, 0.5) is 13.2 Å². The van der Waals surface area contributed by atoms with Crippen LogP contribution in [0.1, 0.15) is 5.56 Å². The van der Waals surface area contributed by atoms with Crippen molar-refractivity contribution in [1.82, 2.24) is 0 Å². The second-order valence-electron chi connectivity index (χ2n) is 2.67. The highest BCUT2D eigenvalue weighted by molar-refractivity contribution is 5.74. The molecule has 0 bridgehead atoms. The lowest BCUT2D eigenvalue weighted by Crippen LogP contribution is -2.21. The number of ether oxygens (including phenoxy) is 1. The molecule has 0 atom stereocenters. The summed E-state index contributed by atoms with van der Waals surface area (Å²) in [5.41, 5.74) is 3.93. The first kappa shape index (κ1) is 11.5. The molecule has 15 heavy (non-hydrogen) atoms. The first-order valence-electron chi connectivity index (χ1n) is 4.02. The van der Waals surface area contributed by atoms with Crippen molar-refractivity contribution in [1.29, 1.82) is 0 Å². The van der Waals surface area contributed by atoms with E-state index in [1.807, 2.05) is 0 Å². The van der Waals surface area contributed by atoms with Crippen LogP contribution in [-0.4, -0.2) is 12.5 Å². The highest BCUT2D eigenvalue weighted by Crippen LogP contribution is 2.35. The summed E-state index contributed by atoms with van der Waals surface area (Å²) in [5.74, 6) is -1.44. The van der Waals surface area contributed by atoms with Crippen molar-refractivity contribution in [2.45, 2.75) is 6.18 Å². The maximum atomic E-state index is 12.4. The molecule has 0 amide bonds. The van der Waals surface area contributed by atoms with Crippen LogP contribution in [0, 0.1) is 0 Å². The topological polar surface area (TPSA) is 52.3 Å². The number of carbonyl (C=O) groups excluding carboxylic acids is 1. The molecule has 1 aromatic rings. The van der Waals surface area contributed by atoms with Gasteiger partial charge < -0.3 is 10.5 Å². The monoisotopic (exact) mass is 219 g/mol. The van der Waals surface area contributed by atoms with Gasteiger partial charge in [0.25, 0.3) is 0 Å². The van der Waals surface area contributed by atoms with Gasteiger partial charge in [0.1, 0.15) is 5.75 Å². The molecule has 0 heterocycles. The van der Waals surface area contributed by atoms with Crippen molar-refractivity contribution in [2.75, 3.05) is 6.54 Å². The standard InChI is InChI=1S/C9H8F3NO2/c10-9(11,12)6-3-1-2-4-7(6)15-8(14)5-13/h1-4H,5,13H2. The van der Waals surface area contributed by atoms with Crippen LogP contribution in [0.3, 0.4) is 0 Å². The summed E-state index contributed by atoms with van der Waals surface area (Å²) in [5, 5.41) is 0. The Bertz CT molecular complexity index is 363. The van der Waals surface area contributed by atoms with E-state index in [9.17, 15) is 18.0 Å². The fraction of sp³-hybridized carbons (Fsp3) is 0.222. The van der Waals surface area contributed by atoms with Crippen molar-refractivity contribution in [3.63, 3.8) is 0 Å². The Morgan fingerprint density at radius 3 is 2.47 bits per heavy atom. The van der Waals surface area contributed by atoms with Crippen molar-refractivity contribution < 1.29 is 22.7 Å². The molecule has 0 saturated carbocycles. The van der Waals surface area contributed by atoms with E-state index in [0.29, 0.717) is 0 Å². The Labute approximate surface area is 83.6 Å². The number of rotatable bonds is 2. The molecule has 0 aliphatic rings. The minimum absolute atomic E-state index is 0.466. The molecule has 1 rings (SSSR count). The Balaban J connectivity index is 3.02. The summed E-state index contributed by atoms with van der Waals surface area (Å²) in [6, 6.07) is 4.45. The van der Waals surface area contributed by atoms with E-state index in [-0.39, 0.29) is 0 Å². The molecule has 6 heteroatoms. The maximum absolute atomic E-state index is 12.4. The summed E-state index contributed by atoms with van der Waals surface area (Å²) in [4.78, 5) is 10.7. The molecule has 0 saturated heterocycles. The maximum Gasteiger partial charge on any atom is 0.419 e. The second kappa shape index (κ2) is 4.31. The van der Waals surface area contributed by atoms with Crippen LogP contribution in [0.5, 0.6) is 5.75 Å². The molecule has 0 fully saturated rings. The molecule has 0 aromatic heterocycles. The van der Waals surface area contributed by atoms with Crippen LogP contribution >= 0.6 is 0 Å². The third-order valence-corrected chi connectivity index (χ3v) is 1.58. The molecular weight excluding hydrogens is 211 g/mol. The molecule has 82 valence electrons. The van der Waals surface area contributed by atoms with Gasteiger partial charge in [0.2, 0.25) is 0 Å². The summed E-state index contributed by atoms with van der Waals surface area (Å²) in [6.45, 7) is -0.466. The van der Waals surface area contributed by atoms with Gasteiger partial charge in [-0.3, -0.25) is 4.79 Å². The van der Waals surface area contributed by atoms with Crippen LogP contribution in [0.15, 0.2) is 24.3 Å². The van der Waals surface area contributed by atoms with Gasteiger partial charge in [-0.1, -0.05) is 12.1 Å². The van der Waals surface area contributed by atoms with E-state index in [0.717, 1.165) is 12.1 Å². The highest BCUT2D eigenvalue weighted by atomic mass is 19.4. The van der Waals surface area contributed by atoms with Crippen LogP contribution in [-0.2, 0) is 11.0 Å². The number of halogens is 3. The molecular formula is C9H8F3NO2. The number of carbonyl (C=O) groups is 1. The first-order valence-corrected chi connectivity index (χ1v) is 4.02. The minimum Gasteiger partial charge on any atom is -0.425 e. The van der Waals surface area contributed by atoms with Gasteiger partial charge in [-0.25, -0.2) is 0 Å². The van der Waals surface area contributed by atoms with E-state index in [1.54, 1.807) is 0 Å². The van der Waals surface area contributed by atoms with Crippen LogP contribution in [0.2, 0.25) is 0 Å². The van der Waals surface area contributed by atoms with E-state index in [1.165, 1.54) is 12.1 Å². The Hall–Kier alpha value is -1.56. The van der Waals surface area contributed by atoms with Gasteiger partial charge in [0.15, 0.2) is 0 Å². The lowest BCUT2D eigenvalue weighted by atomic mass is 10.2. The zero-order valence-electron chi connectivity index (χ0n) is 7.54. The van der Waals surface area contributed by atoms with E-state index < -0.39 is 30.0 Å².